The number of rotatable bonds is 17. The van der Waals surface area contributed by atoms with Gasteiger partial charge in [0.25, 0.3) is 0 Å². The molecule has 0 aliphatic rings. The van der Waals surface area contributed by atoms with Crippen molar-refractivity contribution in [1.29, 1.82) is 0 Å². The second kappa shape index (κ2) is 15.5. The molecule has 1 atom stereocenters. The predicted molar refractivity (Wildman–Crippen MR) is 144 cm³/mol. The van der Waals surface area contributed by atoms with E-state index in [4.69, 9.17) is 9.47 Å². The highest BCUT2D eigenvalue weighted by atomic mass is 127. The smallest absolute Gasteiger partial charge is 0.327 e. The molecule has 0 heterocycles. The minimum atomic E-state index is -1.17. The van der Waals surface area contributed by atoms with Gasteiger partial charge in [-0.15, -0.1) is 0 Å². The Bertz CT molecular complexity index is 808. The molecule has 1 rings (SSSR count). The summed E-state index contributed by atoms with van der Waals surface area (Å²) in [4.78, 5) is 36.4. The van der Waals surface area contributed by atoms with E-state index in [1.165, 1.54) is 0 Å². The third kappa shape index (κ3) is 14.5. The molecular weight excluding hydrogens is 565 g/mol. The van der Waals surface area contributed by atoms with Crippen LogP contribution in [0.1, 0.15) is 46.6 Å². The zero-order valence-electron chi connectivity index (χ0n) is 21.4. The molecule has 198 valence electrons. The topological polar surface area (TPSA) is 126 Å². The molecule has 0 spiro atoms. The molecule has 0 aliphatic heterocycles. The molecule has 35 heavy (non-hydrogen) atoms. The van der Waals surface area contributed by atoms with Crippen molar-refractivity contribution in [2.75, 3.05) is 39.5 Å². The van der Waals surface area contributed by atoms with Gasteiger partial charge < -0.3 is 30.5 Å². The first-order valence-corrected chi connectivity index (χ1v) is 12.8. The fourth-order valence-corrected chi connectivity index (χ4v) is 3.25. The van der Waals surface area contributed by atoms with Crippen LogP contribution in [0.15, 0.2) is 24.3 Å². The van der Waals surface area contributed by atoms with Gasteiger partial charge >= 0.3 is 5.97 Å². The van der Waals surface area contributed by atoms with E-state index in [9.17, 15) is 19.5 Å². The van der Waals surface area contributed by atoms with Crippen molar-refractivity contribution in [3.63, 3.8) is 0 Å². The molecule has 0 aromatic heterocycles. The Balaban J connectivity index is 2.33. The van der Waals surface area contributed by atoms with E-state index in [-0.39, 0.29) is 43.4 Å². The zero-order valence-corrected chi connectivity index (χ0v) is 23.6. The van der Waals surface area contributed by atoms with Crippen molar-refractivity contribution in [2.24, 2.45) is 0 Å². The Hall–Kier alpha value is -1.60. The van der Waals surface area contributed by atoms with Crippen molar-refractivity contribution >= 4 is 40.3 Å². The number of halogens is 1. The number of benzene rings is 1. The van der Waals surface area contributed by atoms with E-state index in [1.807, 2.05) is 24.3 Å². The highest BCUT2D eigenvalue weighted by Crippen LogP contribution is 2.09. The summed E-state index contributed by atoms with van der Waals surface area (Å²) in [5, 5.41) is 18.3. The van der Waals surface area contributed by atoms with Gasteiger partial charge in [0, 0.05) is 28.6 Å². The van der Waals surface area contributed by atoms with Crippen molar-refractivity contribution in [2.45, 2.75) is 64.6 Å². The maximum absolute atomic E-state index is 12.5. The molecule has 1 aromatic rings. The first-order valence-electron chi connectivity index (χ1n) is 11.8. The summed E-state index contributed by atoms with van der Waals surface area (Å²) in [6.45, 7) is 11.3. The number of carboxylic acid groups (broad SMARTS) is 1. The summed E-state index contributed by atoms with van der Waals surface area (Å²) in [6, 6.07) is 6.65. The fraction of sp³-hybridized carbons (Fsp3) is 0.640. The van der Waals surface area contributed by atoms with E-state index in [0.29, 0.717) is 19.6 Å². The Morgan fingerprint density at radius 1 is 0.971 bits per heavy atom. The van der Waals surface area contributed by atoms with Crippen LogP contribution in [-0.2, 0) is 30.3 Å². The van der Waals surface area contributed by atoms with Gasteiger partial charge in [0.15, 0.2) is 5.78 Å². The fourth-order valence-electron chi connectivity index (χ4n) is 2.89. The zero-order chi connectivity index (χ0) is 26.5. The molecule has 0 saturated carbocycles. The van der Waals surface area contributed by atoms with Crippen LogP contribution in [0.2, 0.25) is 0 Å². The van der Waals surface area contributed by atoms with E-state index < -0.39 is 17.6 Å². The standard InChI is InChI=1S/C25H40IN3O6/c1-24(2,3)27-12-13-34-14-15-35-17-21(30)25(4,5)28-16-20(23(32)33)29-22(31)11-8-18-6-9-19(26)10-7-18/h6-7,9-10,20,27-28H,8,11-17H2,1-5H3,(H,29,31)(H,32,33)/t20-/m0/s1. The number of Topliss-reactive ketones (excluding diaryl/α,β-unsaturated/α-hetero) is 1. The molecule has 0 fully saturated rings. The highest BCUT2D eigenvalue weighted by molar-refractivity contribution is 14.1. The quantitative estimate of drug-likeness (QED) is 0.157. The average Bonchev–Trinajstić information content (AvgIpc) is 2.76. The Labute approximate surface area is 222 Å². The largest absolute Gasteiger partial charge is 0.480 e. The lowest BCUT2D eigenvalue weighted by Crippen LogP contribution is -2.55. The third-order valence-corrected chi connectivity index (χ3v) is 5.86. The molecule has 0 radical (unpaired) electrons. The predicted octanol–water partition coefficient (Wildman–Crippen LogP) is 2.15. The van der Waals surface area contributed by atoms with Gasteiger partial charge in [0.1, 0.15) is 12.6 Å². The minimum Gasteiger partial charge on any atom is -0.480 e. The van der Waals surface area contributed by atoms with Crippen molar-refractivity contribution in [3.8, 4) is 0 Å². The summed E-state index contributed by atoms with van der Waals surface area (Å²) in [5.41, 5.74) is 0.0234. The number of hydrogen-bond donors (Lipinski definition) is 4. The van der Waals surface area contributed by atoms with Crippen molar-refractivity contribution in [3.05, 3.63) is 33.4 Å². The number of aryl methyl sites for hydroxylation is 1. The summed E-state index contributed by atoms with van der Waals surface area (Å²) < 4.78 is 12.0. The lowest BCUT2D eigenvalue weighted by Gasteiger charge is -2.27. The van der Waals surface area contributed by atoms with E-state index in [1.54, 1.807) is 13.8 Å². The van der Waals surface area contributed by atoms with E-state index in [0.717, 1.165) is 15.7 Å². The lowest BCUT2D eigenvalue weighted by atomic mass is 9.99. The van der Waals surface area contributed by atoms with Crippen LogP contribution < -0.4 is 16.0 Å². The second-order valence-corrected chi connectivity index (χ2v) is 11.1. The Morgan fingerprint density at radius 3 is 2.20 bits per heavy atom. The molecule has 0 bridgehead atoms. The summed E-state index contributed by atoms with van der Waals surface area (Å²) in [6.07, 6.45) is 0.690. The molecule has 4 N–H and O–H groups in total. The summed E-state index contributed by atoms with van der Waals surface area (Å²) >= 11 is 2.21. The first kappa shape index (κ1) is 31.4. The molecule has 0 unspecified atom stereocenters. The number of carbonyl (C=O) groups excluding carboxylic acids is 2. The Morgan fingerprint density at radius 2 is 1.60 bits per heavy atom. The molecule has 10 heteroatoms. The number of carboxylic acids is 1. The lowest BCUT2D eigenvalue weighted by molar-refractivity contribution is -0.142. The monoisotopic (exact) mass is 605 g/mol. The number of hydrogen-bond acceptors (Lipinski definition) is 7. The van der Waals surface area contributed by atoms with Crippen LogP contribution in [0.5, 0.6) is 0 Å². The van der Waals surface area contributed by atoms with Crippen molar-refractivity contribution in [1.82, 2.24) is 16.0 Å². The van der Waals surface area contributed by atoms with Crippen LogP contribution in [0.4, 0.5) is 0 Å². The van der Waals surface area contributed by atoms with E-state index >= 15 is 0 Å². The van der Waals surface area contributed by atoms with Crippen LogP contribution >= 0.6 is 22.6 Å². The van der Waals surface area contributed by atoms with Gasteiger partial charge in [-0.1, -0.05) is 12.1 Å². The SMILES string of the molecule is CC(C)(C)NCCOCCOCC(=O)C(C)(C)NC[C@H](NC(=O)CCc1ccc(I)cc1)C(=O)O. The maximum atomic E-state index is 12.5. The number of amides is 1. The first-order chi connectivity index (χ1) is 16.3. The summed E-state index contributed by atoms with van der Waals surface area (Å²) in [7, 11) is 0. The third-order valence-electron chi connectivity index (χ3n) is 5.14. The highest BCUT2D eigenvalue weighted by Gasteiger charge is 2.30. The number of carbonyl (C=O) groups is 3. The van der Waals surface area contributed by atoms with Gasteiger partial charge in [0.05, 0.1) is 25.4 Å². The molecule has 0 saturated heterocycles. The normalized spacial score (nSPS) is 12.9. The molecule has 9 nitrogen and oxygen atoms in total. The number of ether oxygens (including phenoxy) is 2. The summed E-state index contributed by atoms with van der Waals surface area (Å²) in [5.74, 6) is -1.75. The molecule has 1 aromatic carbocycles. The number of ketones is 1. The number of nitrogens with one attached hydrogen (secondary N) is 3. The van der Waals surface area contributed by atoms with Gasteiger partial charge in [0.2, 0.25) is 5.91 Å². The molecule has 0 aliphatic carbocycles. The maximum Gasteiger partial charge on any atom is 0.327 e. The van der Waals surface area contributed by atoms with Gasteiger partial charge in [-0.3, -0.25) is 9.59 Å². The van der Waals surface area contributed by atoms with Gasteiger partial charge in [-0.2, -0.15) is 0 Å². The van der Waals surface area contributed by atoms with Crippen LogP contribution in [0.3, 0.4) is 0 Å². The Kier molecular flexibility index (Phi) is 13.9. The van der Waals surface area contributed by atoms with E-state index in [2.05, 4.69) is 59.3 Å². The minimum absolute atomic E-state index is 0.0362. The number of aliphatic carboxylic acids is 1. The van der Waals surface area contributed by atoms with Crippen LogP contribution in [0.25, 0.3) is 0 Å². The van der Waals surface area contributed by atoms with Gasteiger partial charge in [-0.05, 0) is 81.3 Å². The molecule has 1 amide bonds. The van der Waals surface area contributed by atoms with Crippen LogP contribution in [-0.4, -0.2) is 79.4 Å². The second-order valence-electron chi connectivity index (χ2n) is 9.86. The van der Waals surface area contributed by atoms with Crippen LogP contribution in [0, 0.1) is 3.57 Å². The average molecular weight is 606 g/mol. The van der Waals surface area contributed by atoms with Crippen molar-refractivity contribution < 1.29 is 29.0 Å². The van der Waals surface area contributed by atoms with Gasteiger partial charge in [-0.25, -0.2) is 4.79 Å². The molecular formula is C25H40IN3O6.